The molecule has 0 saturated carbocycles. The van der Waals surface area contributed by atoms with Gasteiger partial charge in [0.1, 0.15) is 5.54 Å². The highest BCUT2D eigenvalue weighted by molar-refractivity contribution is 6.32. The summed E-state index contributed by atoms with van der Waals surface area (Å²) in [7, 11) is 0. The molecule has 2 aromatic rings. The molecule has 4 amide bonds. The first kappa shape index (κ1) is 22.9. The van der Waals surface area contributed by atoms with E-state index in [4.69, 9.17) is 17.3 Å². The normalized spacial score (nSPS) is 26.7. The maximum atomic E-state index is 13.8. The first-order valence-corrected chi connectivity index (χ1v) is 11.2. The Kier molecular flexibility index (Phi) is 5.15. The number of non-ortho nitro benzene ring substituents is 1. The molecule has 0 bridgehead atoms. The van der Waals surface area contributed by atoms with Crippen molar-refractivity contribution in [3.8, 4) is 0 Å². The fraction of sp³-hybridized carbons (Fsp3) is 0.304. The highest BCUT2D eigenvalue weighted by atomic mass is 35.5. The standard InChI is InChI=1S/C23H20ClN5O6/c1-10-14(24)6-5-13-19(10)26-22(33)23(13)18-17(15(27-23)7-8-16(25)30)20(31)28(21(18)32)11-3-2-4-12(9-11)29(34)35/h2-6,9,15,17-18,27H,7-8H2,1H3,(H2,25,30)(H,26,33)/t15-,17+,18-,23-/m1/s1. The second-order valence-corrected chi connectivity index (χ2v) is 9.31. The number of hydrogen-bond acceptors (Lipinski definition) is 7. The number of fused-ring (bicyclic) bond motifs is 4. The maximum absolute atomic E-state index is 13.8. The van der Waals surface area contributed by atoms with Crippen LogP contribution in [0.2, 0.25) is 5.02 Å². The van der Waals surface area contributed by atoms with E-state index in [0.29, 0.717) is 21.8 Å². The number of nitrogens with two attached hydrogens (primary N) is 1. The van der Waals surface area contributed by atoms with E-state index < -0.39 is 52.0 Å². The van der Waals surface area contributed by atoms with Crippen LogP contribution in [0.3, 0.4) is 0 Å². The van der Waals surface area contributed by atoms with Crippen LogP contribution in [0, 0.1) is 28.9 Å². The molecule has 3 heterocycles. The van der Waals surface area contributed by atoms with Crippen molar-refractivity contribution < 1.29 is 24.1 Å². The van der Waals surface area contributed by atoms with Gasteiger partial charge in [0.25, 0.3) is 5.69 Å². The number of benzene rings is 2. The largest absolute Gasteiger partial charge is 0.370 e. The summed E-state index contributed by atoms with van der Waals surface area (Å²) in [5, 5.41) is 17.7. The summed E-state index contributed by atoms with van der Waals surface area (Å²) in [6.45, 7) is 1.73. The van der Waals surface area contributed by atoms with Gasteiger partial charge in [0, 0.05) is 35.2 Å². The Hall–Kier alpha value is -3.83. The number of carbonyl (C=O) groups is 4. The lowest BCUT2D eigenvalue weighted by molar-refractivity contribution is -0.384. The van der Waals surface area contributed by atoms with Crippen molar-refractivity contribution in [1.82, 2.24) is 5.32 Å². The van der Waals surface area contributed by atoms with Crippen molar-refractivity contribution in [2.75, 3.05) is 10.2 Å². The molecule has 2 fully saturated rings. The number of nitrogens with zero attached hydrogens (tertiary/aromatic N) is 2. The molecule has 0 aromatic heterocycles. The summed E-state index contributed by atoms with van der Waals surface area (Å²) in [5.41, 5.74) is 5.05. The van der Waals surface area contributed by atoms with E-state index in [1.165, 1.54) is 18.2 Å². The average molecular weight is 498 g/mol. The van der Waals surface area contributed by atoms with Gasteiger partial charge in [-0.2, -0.15) is 0 Å². The minimum atomic E-state index is -1.58. The number of primary amides is 1. The minimum Gasteiger partial charge on any atom is -0.370 e. The van der Waals surface area contributed by atoms with Gasteiger partial charge in [0.15, 0.2) is 0 Å². The molecular weight excluding hydrogens is 478 g/mol. The maximum Gasteiger partial charge on any atom is 0.271 e. The molecule has 0 radical (unpaired) electrons. The summed E-state index contributed by atoms with van der Waals surface area (Å²) in [4.78, 5) is 64.0. The Morgan fingerprint density at radius 3 is 2.66 bits per heavy atom. The van der Waals surface area contributed by atoms with E-state index in [9.17, 15) is 29.3 Å². The SMILES string of the molecule is Cc1c(Cl)ccc2c1NC(=O)[C@@]21N[C@H](CCC(N)=O)[C@@H]2C(=O)N(c3cccc([N+](=O)[O-])c3)C(=O)[C@@H]21. The van der Waals surface area contributed by atoms with Gasteiger partial charge in [-0.05, 0) is 31.0 Å². The van der Waals surface area contributed by atoms with Crippen LogP contribution >= 0.6 is 11.6 Å². The van der Waals surface area contributed by atoms with Crippen LogP contribution in [0.4, 0.5) is 17.1 Å². The lowest BCUT2D eigenvalue weighted by Gasteiger charge is -2.29. The number of nitro groups is 1. The molecule has 180 valence electrons. The van der Waals surface area contributed by atoms with Gasteiger partial charge in [-0.15, -0.1) is 0 Å². The number of imide groups is 1. The second kappa shape index (κ2) is 7.85. The molecule has 35 heavy (non-hydrogen) atoms. The number of nitrogens with one attached hydrogen (secondary N) is 2. The fourth-order valence-corrected chi connectivity index (χ4v) is 5.69. The Morgan fingerprint density at radius 1 is 1.23 bits per heavy atom. The molecule has 3 aliphatic rings. The predicted molar refractivity (Wildman–Crippen MR) is 124 cm³/mol. The number of carbonyl (C=O) groups excluding carboxylic acids is 4. The monoisotopic (exact) mass is 497 g/mol. The topological polar surface area (TPSA) is 165 Å². The molecule has 2 aromatic carbocycles. The first-order valence-electron chi connectivity index (χ1n) is 10.9. The van der Waals surface area contributed by atoms with E-state index >= 15 is 0 Å². The summed E-state index contributed by atoms with van der Waals surface area (Å²) in [6, 6.07) is 7.73. The van der Waals surface area contributed by atoms with E-state index in [1.807, 2.05) is 0 Å². The van der Waals surface area contributed by atoms with Crippen molar-refractivity contribution in [2.24, 2.45) is 17.6 Å². The zero-order chi connectivity index (χ0) is 25.2. The molecule has 12 heteroatoms. The number of nitro benzene ring substituents is 1. The van der Waals surface area contributed by atoms with Gasteiger partial charge in [-0.25, -0.2) is 4.90 Å². The Balaban J connectivity index is 1.66. The van der Waals surface area contributed by atoms with Crippen LogP contribution in [0.15, 0.2) is 36.4 Å². The second-order valence-electron chi connectivity index (χ2n) is 8.91. The van der Waals surface area contributed by atoms with Gasteiger partial charge >= 0.3 is 0 Å². The van der Waals surface area contributed by atoms with E-state index in [1.54, 1.807) is 19.1 Å². The molecule has 3 aliphatic heterocycles. The quantitative estimate of drug-likeness (QED) is 0.321. The van der Waals surface area contributed by atoms with Gasteiger partial charge in [0.05, 0.1) is 28.1 Å². The van der Waals surface area contributed by atoms with Crippen molar-refractivity contribution >= 4 is 52.3 Å². The third kappa shape index (κ3) is 3.15. The van der Waals surface area contributed by atoms with Gasteiger partial charge in [-0.1, -0.05) is 23.7 Å². The molecule has 2 saturated heterocycles. The van der Waals surface area contributed by atoms with Crippen LogP contribution in [0.1, 0.15) is 24.0 Å². The summed E-state index contributed by atoms with van der Waals surface area (Å²) >= 11 is 6.25. The number of hydrogen-bond donors (Lipinski definition) is 3. The fourth-order valence-electron chi connectivity index (χ4n) is 5.54. The number of amides is 4. The highest BCUT2D eigenvalue weighted by Crippen LogP contribution is 2.55. The molecule has 1 spiro atoms. The van der Waals surface area contributed by atoms with Crippen LogP contribution < -0.4 is 21.3 Å². The van der Waals surface area contributed by atoms with E-state index in [2.05, 4.69) is 10.6 Å². The molecule has 0 aliphatic carbocycles. The minimum absolute atomic E-state index is 0.0401. The van der Waals surface area contributed by atoms with Crippen molar-refractivity contribution in [2.45, 2.75) is 31.3 Å². The third-order valence-electron chi connectivity index (χ3n) is 7.09. The molecule has 5 rings (SSSR count). The Labute approximate surface area is 203 Å². The summed E-state index contributed by atoms with van der Waals surface area (Å²) in [5.74, 6) is -4.51. The Bertz CT molecular complexity index is 1350. The van der Waals surface area contributed by atoms with Crippen LogP contribution in [0.25, 0.3) is 0 Å². The molecule has 4 atom stereocenters. The van der Waals surface area contributed by atoms with Crippen molar-refractivity contribution in [3.05, 3.63) is 62.7 Å². The lowest BCUT2D eigenvalue weighted by Crippen LogP contribution is -2.53. The van der Waals surface area contributed by atoms with Gasteiger partial charge < -0.3 is 11.1 Å². The van der Waals surface area contributed by atoms with Crippen molar-refractivity contribution in [3.63, 3.8) is 0 Å². The third-order valence-corrected chi connectivity index (χ3v) is 7.49. The van der Waals surface area contributed by atoms with Gasteiger partial charge in [-0.3, -0.25) is 34.6 Å². The lowest BCUT2D eigenvalue weighted by atomic mass is 9.76. The zero-order valence-electron chi connectivity index (χ0n) is 18.4. The van der Waals surface area contributed by atoms with Crippen molar-refractivity contribution in [1.29, 1.82) is 0 Å². The summed E-state index contributed by atoms with van der Waals surface area (Å²) in [6.07, 6.45) is 0.0542. The van der Waals surface area contributed by atoms with E-state index in [-0.39, 0.29) is 24.2 Å². The first-order chi connectivity index (χ1) is 16.6. The number of halogens is 1. The zero-order valence-corrected chi connectivity index (χ0v) is 19.2. The van der Waals surface area contributed by atoms with Gasteiger partial charge in [0.2, 0.25) is 23.6 Å². The molecular formula is C23H20ClN5O6. The van der Waals surface area contributed by atoms with Crippen LogP contribution in [0.5, 0.6) is 0 Å². The molecule has 0 unspecified atom stereocenters. The van der Waals surface area contributed by atoms with E-state index in [0.717, 1.165) is 11.0 Å². The molecule has 4 N–H and O–H groups in total. The predicted octanol–water partition coefficient (Wildman–Crippen LogP) is 1.75. The molecule has 11 nitrogen and oxygen atoms in total. The van der Waals surface area contributed by atoms with Crippen LogP contribution in [-0.4, -0.2) is 34.6 Å². The van der Waals surface area contributed by atoms with Crippen LogP contribution in [-0.2, 0) is 24.7 Å². The number of rotatable bonds is 5. The average Bonchev–Trinajstić information content (AvgIpc) is 3.40. The number of anilines is 2. The highest BCUT2D eigenvalue weighted by Gasteiger charge is 2.70. The Morgan fingerprint density at radius 2 is 1.97 bits per heavy atom. The smallest absolute Gasteiger partial charge is 0.271 e. The summed E-state index contributed by atoms with van der Waals surface area (Å²) < 4.78 is 0.